The second-order valence-corrected chi connectivity index (χ2v) is 5.02. The highest BCUT2D eigenvalue weighted by Crippen LogP contribution is 2.29. The number of carbonyl (C=O) groups is 1. The zero-order valence-corrected chi connectivity index (χ0v) is 10.4. The van der Waals surface area contributed by atoms with Crippen molar-refractivity contribution in [1.29, 1.82) is 0 Å². The third kappa shape index (κ3) is 2.20. The molecule has 1 saturated carbocycles. The molecule has 1 fully saturated rings. The molecule has 17 heavy (non-hydrogen) atoms. The van der Waals surface area contributed by atoms with Gasteiger partial charge in [0.05, 0.1) is 0 Å². The van der Waals surface area contributed by atoms with Crippen molar-refractivity contribution in [3.63, 3.8) is 0 Å². The fourth-order valence-corrected chi connectivity index (χ4v) is 2.35. The molecule has 0 aromatic heterocycles. The van der Waals surface area contributed by atoms with Gasteiger partial charge in [0.1, 0.15) is 5.54 Å². The van der Waals surface area contributed by atoms with Crippen LogP contribution in [0, 0.1) is 6.92 Å². The molecule has 1 aliphatic rings. The molecule has 0 heterocycles. The van der Waals surface area contributed by atoms with Crippen molar-refractivity contribution in [1.82, 2.24) is 5.32 Å². The summed E-state index contributed by atoms with van der Waals surface area (Å²) in [6, 6.07) is 8.03. The Morgan fingerprint density at radius 3 is 2.53 bits per heavy atom. The van der Waals surface area contributed by atoms with Gasteiger partial charge in [-0.3, -0.25) is 5.32 Å². The van der Waals surface area contributed by atoms with Crippen LogP contribution in [0.5, 0.6) is 0 Å². The molecular formula is C14H19NO2. The monoisotopic (exact) mass is 233 g/mol. The van der Waals surface area contributed by atoms with Gasteiger partial charge in [-0.15, -0.1) is 0 Å². The van der Waals surface area contributed by atoms with Crippen molar-refractivity contribution in [2.75, 3.05) is 0 Å². The van der Waals surface area contributed by atoms with E-state index in [2.05, 4.69) is 5.32 Å². The van der Waals surface area contributed by atoms with Gasteiger partial charge in [-0.2, -0.15) is 0 Å². The minimum Gasteiger partial charge on any atom is -0.480 e. The first-order valence-corrected chi connectivity index (χ1v) is 6.11. The van der Waals surface area contributed by atoms with Gasteiger partial charge in [0.25, 0.3) is 0 Å². The summed E-state index contributed by atoms with van der Waals surface area (Å²) < 4.78 is 0. The molecule has 1 aliphatic carbocycles. The van der Waals surface area contributed by atoms with Crippen LogP contribution in [0.25, 0.3) is 0 Å². The van der Waals surface area contributed by atoms with Gasteiger partial charge in [0.2, 0.25) is 0 Å². The van der Waals surface area contributed by atoms with Crippen LogP contribution in [0.4, 0.5) is 0 Å². The highest BCUT2D eigenvalue weighted by Gasteiger charge is 2.39. The first kappa shape index (κ1) is 12.1. The lowest BCUT2D eigenvalue weighted by Crippen LogP contribution is -2.53. The van der Waals surface area contributed by atoms with Crippen molar-refractivity contribution in [3.05, 3.63) is 35.4 Å². The number of carboxylic acid groups (broad SMARTS) is 1. The largest absolute Gasteiger partial charge is 0.480 e. The van der Waals surface area contributed by atoms with Gasteiger partial charge < -0.3 is 5.11 Å². The number of aliphatic carboxylic acids is 1. The minimum atomic E-state index is -0.976. The quantitative estimate of drug-likeness (QED) is 0.839. The van der Waals surface area contributed by atoms with Crippen LogP contribution in [0.1, 0.15) is 37.3 Å². The third-order valence-corrected chi connectivity index (χ3v) is 3.71. The summed E-state index contributed by atoms with van der Waals surface area (Å²) in [4.78, 5) is 11.6. The molecular weight excluding hydrogens is 214 g/mol. The Morgan fingerprint density at radius 1 is 1.41 bits per heavy atom. The molecule has 3 heteroatoms. The first-order valence-electron chi connectivity index (χ1n) is 6.11. The van der Waals surface area contributed by atoms with E-state index in [-0.39, 0.29) is 0 Å². The van der Waals surface area contributed by atoms with E-state index in [1.807, 2.05) is 31.2 Å². The van der Waals surface area contributed by atoms with Gasteiger partial charge in [-0.25, -0.2) is 4.79 Å². The number of carboxylic acids is 1. The number of hydrogen-bond donors (Lipinski definition) is 2. The van der Waals surface area contributed by atoms with Gasteiger partial charge >= 0.3 is 5.97 Å². The molecule has 3 nitrogen and oxygen atoms in total. The fraction of sp³-hybridized carbons (Fsp3) is 0.500. The summed E-state index contributed by atoms with van der Waals surface area (Å²) in [5, 5.41) is 12.8. The number of benzene rings is 1. The Labute approximate surface area is 102 Å². The second-order valence-electron chi connectivity index (χ2n) is 5.02. The van der Waals surface area contributed by atoms with Crippen molar-refractivity contribution in [2.45, 2.75) is 44.7 Å². The Bertz CT molecular complexity index is 426. The highest BCUT2D eigenvalue weighted by molar-refractivity contribution is 5.80. The molecule has 2 N–H and O–H groups in total. The average molecular weight is 233 g/mol. The van der Waals surface area contributed by atoms with Gasteiger partial charge in [-0.05, 0) is 37.8 Å². The lowest BCUT2D eigenvalue weighted by atomic mass is 9.84. The predicted octanol–water partition coefficient (Wildman–Crippen LogP) is 2.44. The standard InChI is InChI=1S/C14H19NO2/c1-10-6-3-4-9-12(10)14(2,13(16)17)15-11-7-5-8-11/h3-4,6,9,11,15H,5,7-8H2,1-2H3,(H,16,17). The molecule has 0 saturated heterocycles. The van der Waals surface area contributed by atoms with Crippen LogP contribution in [0.15, 0.2) is 24.3 Å². The second kappa shape index (κ2) is 4.49. The maximum absolute atomic E-state index is 11.6. The number of hydrogen-bond acceptors (Lipinski definition) is 2. The van der Waals surface area contributed by atoms with Crippen LogP contribution < -0.4 is 5.32 Å². The molecule has 1 aromatic carbocycles. The van der Waals surface area contributed by atoms with Crippen LogP contribution in [-0.2, 0) is 10.3 Å². The summed E-state index contributed by atoms with van der Waals surface area (Å²) in [6.45, 7) is 3.72. The van der Waals surface area contributed by atoms with E-state index in [0.717, 1.165) is 24.0 Å². The maximum Gasteiger partial charge on any atom is 0.328 e. The number of nitrogens with one attached hydrogen (secondary N) is 1. The molecule has 0 aliphatic heterocycles. The van der Waals surface area contributed by atoms with E-state index in [9.17, 15) is 9.90 Å². The van der Waals surface area contributed by atoms with Crippen LogP contribution >= 0.6 is 0 Å². The Hall–Kier alpha value is -1.35. The SMILES string of the molecule is Cc1ccccc1C(C)(NC1CCC1)C(=O)O. The van der Waals surface area contributed by atoms with Gasteiger partial charge in [-0.1, -0.05) is 30.7 Å². The number of rotatable bonds is 4. The Kier molecular flexibility index (Phi) is 3.20. The zero-order chi connectivity index (χ0) is 12.5. The van der Waals surface area contributed by atoms with Crippen molar-refractivity contribution < 1.29 is 9.90 Å². The lowest BCUT2D eigenvalue weighted by molar-refractivity contribution is -0.145. The molecule has 1 unspecified atom stereocenters. The minimum absolute atomic E-state index is 0.343. The lowest BCUT2D eigenvalue weighted by Gasteiger charge is -2.37. The van der Waals surface area contributed by atoms with Crippen LogP contribution in [0.3, 0.4) is 0 Å². The van der Waals surface area contributed by atoms with E-state index in [4.69, 9.17) is 0 Å². The summed E-state index contributed by atoms with van der Waals surface area (Å²) in [6.07, 6.45) is 3.35. The summed E-state index contributed by atoms with van der Waals surface area (Å²) in [5.74, 6) is -0.807. The molecule has 0 spiro atoms. The highest BCUT2D eigenvalue weighted by atomic mass is 16.4. The summed E-state index contributed by atoms with van der Waals surface area (Å²) in [7, 11) is 0. The maximum atomic E-state index is 11.6. The summed E-state index contributed by atoms with van der Waals surface area (Å²) >= 11 is 0. The molecule has 2 rings (SSSR count). The number of aryl methyl sites for hydroxylation is 1. The summed E-state index contributed by atoms with van der Waals surface area (Å²) in [5.41, 5.74) is 0.903. The van der Waals surface area contributed by atoms with Gasteiger partial charge in [0, 0.05) is 6.04 Å². The van der Waals surface area contributed by atoms with Crippen LogP contribution in [0.2, 0.25) is 0 Å². The Morgan fingerprint density at radius 2 is 2.06 bits per heavy atom. The molecule has 0 amide bonds. The Balaban J connectivity index is 2.33. The third-order valence-electron chi connectivity index (χ3n) is 3.71. The van der Waals surface area contributed by atoms with E-state index in [1.165, 1.54) is 6.42 Å². The van der Waals surface area contributed by atoms with E-state index >= 15 is 0 Å². The molecule has 0 bridgehead atoms. The molecule has 0 radical (unpaired) electrons. The van der Waals surface area contributed by atoms with Crippen molar-refractivity contribution in [2.24, 2.45) is 0 Å². The molecule has 1 aromatic rings. The predicted molar refractivity (Wildman–Crippen MR) is 66.9 cm³/mol. The van der Waals surface area contributed by atoms with E-state index in [0.29, 0.717) is 6.04 Å². The van der Waals surface area contributed by atoms with Crippen molar-refractivity contribution >= 4 is 5.97 Å². The normalized spacial score (nSPS) is 19.4. The average Bonchev–Trinajstić information content (AvgIpc) is 2.23. The van der Waals surface area contributed by atoms with E-state index < -0.39 is 11.5 Å². The smallest absolute Gasteiger partial charge is 0.328 e. The fourth-order valence-electron chi connectivity index (χ4n) is 2.35. The zero-order valence-electron chi connectivity index (χ0n) is 10.4. The topological polar surface area (TPSA) is 49.3 Å². The van der Waals surface area contributed by atoms with Gasteiger partial charge in [0.15, 0.2) is 0 Å². The van der Waals surface area contributed by atoms with Crippen LogP contribution in [-0.4, -0.2) is 17.1 Å². The first-order chi connectivity index (χ1) is 8.04. The molecule has 1 atom stereocenters. The molecule has 92 valence electrons. The van der Waals surface area contributed by atoms with E-state index in [1.54, 1.807) is 6.92 Å². The van der Waals surface area contributed by atoms with Crippen molar-refractivity contribution in [3.8, 4) is 0 Å².